The molecule has 2 aromatic rings. The summed E-state index contributed by atoms with van der Waals surface area (Å²) >= 11 is 3.34. The zero-order valence-electron chi connectivity index (χ0n) is 10.6. The monoisotopic (exact) mass is 339 g/mol. The maximum absolute atomic E-state index is 11.3. The minimum absolute atomic E-state index is 0.0475. The Bertz CT molecular complexity index is 724. The van der Waals surface area contributed by atoms with Crippen molar-refractivity contribution in [3.8, 4) is 5.69 Å². The molecule has 0 amide bonds. The molecule has 0 aliphatic rings. The summed E-state index contributed by atoms with van der Waals surface area (Å²) in [5, 5.41) is 24.3. The standard InChI is InChI=1S/C12H10BrN3O4/c1-6-11(13)7(2)15(14-6)10-5-8(16(19)20)3-4-9(10)12(17)18/h3-5H,1-2H3,(H,17,18). The molecular formula is C12H10BrN3O4. The van der Waals surface area contributed by atoms with E-state index in [4.69, 9.17) is 0 Å². The van der Waals surface area contributed by atoms with Crippen LogP contribution in [0.15, 0.2) is 22.7 Å². The largest absolute Gasteiger partial charge is 0.478 e. The number of aromatic carboxylic acids is 1. The van der Waals surface area contributed by atoms with Crippen LogP contribution >= 0.6 is 15.9 Å². The third-order valence-electron chi connectivity index (χ3n) is 2.85. The molecule has 1 N–H and O–H groups in total. The highest BCUT2D eigenvalue weighted by Gasteiger charge is 2.20. The molecule has 0 saturated heterocycles. The molecule has 1 heterocycles. The van der Waals surface area contributed by atoms with E-state index in [9.17, 15) is 20.0 Å². The van der Waals surface area contributed by atoms with Crippen LogP contribution in [0.3, 0.4) is 0 Å². The zero-order chi connectivity index (χ0) is 15.0. The number of nitro groups is 1. The molecule has 0 aliphatic carbocycles. The molecular weight excluding hydrogens is 330 g/mol. The van der Waals surface area contributed by atoms with E-state index < -0.39 is 10.9 Å². The van der Waals surface area contributed by atoms with Crippen molar-refractivity contribution in [3.63, 3.8) is 0 Å². The maximum Gasteiger partial charge on any atom is 0.337 e. The second kappa shape index (κ2) is 5.04. The Hall–Kier alpha value is -2.22. The lowest BCUT2D eigenvalue weighted by Crippen LogP contribution is -2.08. The number of benzene rings is 1. The van der Waals surface area contributed by atoms with Crippen LogP contribution in [0.1, 0.15) is 21.7 Å². The van der Waals surface area contributed by atoms with Gasteiger partial charge in [0, 0.05) is 12.1 Å². The minimum atomic E-state index is -1.17. The highest BCUT2D eigenvalue weighted by molar-refractivity contribution is 9.10. The normalized spacial score (nSPS) is 10.6. The predicted molar refractivity (Wildman–Crippen MR) is 74.4 cm³/mol. The third-order valence-corrected chi connectivity index (χ3v) is 4.00. The van der Waals surface area contributed by atoms with Crippen LogP contribution in [0.4, 0.5) is 5.69 Å². The fourth-order valence-corrected chi connectivity index (χ4v) is 2.10. The van der Waals surface area contributed by atoms with Gasteiger partial charge >= 0.3 is 5.97 Å². The van der Waals surface area contributed by atoms with Gasteiger partial charge in [-0.15, -0.1) is 0 Å². The fourth-order valence-electron chi connectivity index (χ4n) is 1.85. The number of aryl methyl sites for hydroxylation is 1. The van der Waals surface area contributed by atoms with E-state index >= 15 is 0 Å². The molecule has 7 nitrogen and oxygen atoms in total. The molecule has 1 aromatic carbocycles. The lowest BCUT2D eigenvalue weighted by molar-refractivity contribution is -0.384. The lowest BCUT2D eigenvalue weighted by Gasteiger charge is -2.08. The van der Waals surface area contributed by atoms with Crippen LogP contribution in [0.5, 0.6) is 0 Å². The predicted octanol–water partition coefficient (Wildman–Crippen LogP) is 2.86. The Morgan fingerprint density at radius 2 is 2.10 bits per heavy atom. The van der Waals surface area contributed by atoms with Crippen molar-refractivity contribution >= 4 is 27.6 Å². The average molecular weight is 340 g/mol. The number of nitrogens with zero attached hydrogens (tertiary/aromatic N) is 3. The van der Waals surface area contributed by atoms with Gasteiger partial charge in [0.1, 0.15) is 0 Å². The molecule has 0 aliphatic heterocycles. The summed E-state index contributed by atoms with van der Waals surface area (Å²) in [5.41, 5.74) is 1.27. The molecule has 104 valence electrons. The van der Waals surface area contributed by atoms with Gasteiger partial charge < -0.3 is 5.11 Å². The van der Waals surface area contributed by atoms with Gasteiger partial charge in [-0.2, -0.15) is 5.10 Å². The number of carboxylic acid groups (broad SMARTS) is 1. The van der Waals surface area contributed by atoms with Crippen molar-refractivity contribution in [2.75, 3.05) is 0 Å². The lowest BCUT2D eigenvalue weighted by atomic mass is 10.1. The van der Waals surface area contributed by atoms with Crippen LogP contribution in [0, 0.1) is 24.0 Å². The van der Waals surface area contributed by atoms with Crippen molar-refractivity contribution in [2.45, 2.75) is 13.8 Å². The quantitative estimate of drug-likeness (QED) is 0.684. The Morgan fingerprint density at radius 3 is 2.55 bits per heavy atom. The molecule has 2 rings (SSSR count). The van der Waals surface area contributed by atoms with Crippen molar-refractivity contribution < 1.29 is 14.8 Å². The summed E-state index contributed by atoms with van der Waals surface area (Å²) in [7, 11) is 0. The number of halogens is 1. The molecule has 8 heteroatoms. The van der Waals surface area contributed by atoms with E-state index in [1.807, 2.05) is 0 Å². The summed E-state index contributed by atoms with van der Waals surface area (Å²) in [6, 6.07) is 3.57. The average Bonchev–Trinajstić information content (AvgIpc) is 2.65. The van der Waals surface area contributed by atoms with Crippen molar-refractivity contribution in [1.82, 2.24) is 9.78 Å². The zero-order valence-corrected chi connectivity index (χ0v) is 12.2. The Morgan fingerprint density at radius 1 is 1.45 bits per heavy atom. The van der Waals surface area contributed by atoms with Crippen LogP contribution in [0.25, 0.3) is 5.69 Å². The summed E-state index contributed by atoms with van der Waals surface area (Å²) in [4.78, 5) is 21.5. The van der Waals surface area contributed by atoms with Gasteiger partial charge in [0.2, 0.25) is 0 Å². The highest BCUT2D eigenvalue weighted by atomic mass is 79.9. The van der Waals surface area contributed by atoms with Gasteiger partial charge in [0.25, 0.3) is 5.69 Å². The number of hydrogen-bond acceptors (Lipinski definition) is 4. The van der Waals surface area contributed by atoms with Gasteiger partial charge in [-0.1, -0.05) is 0 Å². The van der Waals surface area contributed by atoms with E-state index in [1.54, 1.807) is 13.8 Å². The van der Waals surface area contributed by atoms with Crippen LogP contribution in [-0.4, -0.2) is 25.8 Å². The van der Waals surface area contributed by atoms with Crippen LogP contribution < -0.4 is 0 Å². The first kappa shape index (κ1) is 14.2. The first-order valence-corrected chi connectivity index (χ1v) is 6.36. The highest BCUT2D eigenvalue weighted by Crippen LogP contribution is 2.27. The molecule has 0 atom stereocenters. The van der Waals surface area contributed by atoms with Gasteiger partial charge in [0.15, 0.2) is 0 Å². The minimum Gasteiger partial charge on any atom is -0.478 e. The van der Waals surface area contributed by atoms with Gasteiger partial charge in [-0.3, -0.25) is 10.1 Å². The first-order valence-electron chi connectivity index (χ1n) is 5.56. The number of hydrogen-bond donors (Lipinski definition) is 1. The number of aromatic nitrogens is 2. The SMILES string of the molecule is Cc1nn(-c2cc([N+](=O)[O-])ccc2C(=O)O)c(C)c1Br. The second-order valence-electron chi connectivity index (χ2n) is 4.16. The Balaban J connectivity index is 2.75. The van der Waals surface area contributed by atoms with Gasteiger partial charge in [-0.05, 0) is 35.8 Å². The Kier molecular flexibility index (Phi) is 3.58. The molecule has 0 radical (unpaired) electrons. The maximum atomic E-state index is 11.3. The summed E-state index contributed by atoms with van der Waals surface area (Å²) < 4.78 is 2.12. The first-order chi connectivity index (χ1) is 9.32. The van der Waals surface area contributed by atoms with E-state index in [1.165, 1.54) is 16.8 Å². The number of carbonyl (C=O) groups is 1. The number of carboxylic acids is 1. The summed E-state index contributed by atoms with van der Waals surface area (Å²) in [5.74, 6) is -1.17. The smallest absolute Gasteiger partial charge is 0.337 e. The molecule has 0 fully saturated rings. The number of non-ortho nitro benzene ring substituents is 1. The van der Waals surface area contributed by atoms with E-state index in [2.05, 4.69) is 21.0 Å². The van der Waals surface area contributed by atoms with Crippen LogP contribution in [0.2, 0.25) is 0 Å². The molecule has 0 unspecified atom stereocenters. The number of rotatable bonds is 3. The fraction of sp³-hybridized carbons (Fsp3) is 0.167. The van der Waals surface area contributed by atoms with Crippen molar-refractivity contribution in [2.24, 2.45) is 0 Å². The molecule has 0 bridgehead atoms. The third kappa shape index (κ3) is 2.29. The van der Waals surface area contributed by atoms with E-state index in [0.29, 0.717) is 11.4 Å². The molecule has 0 spiro atoms. The molecule has 20 heavy (non-hydrogen) atoms. The molecule has 0 saturated carbocycles. The van der Waals surface area contributed by atoms with Crippen molar-refractivity contribution in [1.29, 1.82) is 0 Å². The van der Waals surface area contributed by atoms with E-state index in [-0.39, 0.29) is 16.9 Å². The van der Waals surface area contributed by atoms with Crippen LogP contribution in [-0.2, 0) is 0 Å². The Labute approximate surface area is 122 Å². The van der Waals surface area contributed by atoms with Gasteiger partial charge in [-0.25, -0.2) is 9.48 Å². The summed E-state index contributed by atoms with van der Waals surface area (Å²) in [6.07, 6.45) is 0. The van der Waals surface area contributed by atoms with E-state index in [0.717, 1.165) is 10.5 Å². The molecule has 1 aromatic heterocycles. The van der Waals surface area contributed by atoms with Crippen molar-refractivity contribution in [3.05, 3.63) is 49.7 Å². The second-order valence-corrected chi connectivity index (χ2v) is 4.95. The number of nitro benzene ring substituents is 1. The summed E-state index contributed by atoms with van der Waals surface area (Å²) in [6.45, 7) is 3.50. The van der Waals surface area contributed by atoms with Gasteiger partial charge in [0.05, 0.1) is 32.0 Å². The topological polar surface area (TPSA) is 98.3 Å².